The van der Waals surface area contributed by atoms with Gasteiger partial charge in [-0.2, -0.15) is 4.39 Å². The second kappa shape index (κ2) is 5.56. The summed E-state index contributed by atoms with van der Waals surface area (Å²) in [5, 5.41) is 0. The van der Waals surface area contributed by atoms with Crippen LogP contribution in [0.4, 0.5) is 14.5 Å². The van der Waals surface area contributed by atoms with E-state index < -0.39 is 11.6 Å². The molecular weight excluding hydrogens is 252 g/mol. The second-order valence-electron chi connectivity index (χ2n) is 3.91. The summed E-state index contributed by atoms with van der Waals surface area (Å²) < 4.78 is 36.8. The van der Waals surface area contributed by atoms with Gasteiger partial charge in [0.1, 0.15) is 12.4 Å². The first-order chi connectivity index (χ1) is 9.11. The van der Waals surface area contributed by atoms with Gasteiger partial charge in [-0.15, -0.1) is 0 Å². The van der Waals surface area contributed by atoms with Gasteiger partial charge >= 0.3 is 0 Å². The van der Waals surface area contributed by atoms with Crippen molar-refractivity contribution in [1.29, 1.82) is 0 Å². The van der Waals surface area contributed by atoms with E-state index in [9.17, 15) is 8.78 Å². The highest BCUT2D eigenvalue weighted by Gasteiger charge is 2.10. The molecule has 0 heterocycles. The highest BCUT2D eigenvalue weighted by Crippen LogP contribution is 2.25. The number of ether oxygens (including phenoxy) is 2. The van der Waals surface area contributed by atoms with Crippen molar-refractivity contribution in [3.8, 4) is 11.5 Å². The molecule has 0 aliphatic rings. The molecule has 2 aromatic carbocycles. The molecule has 0 aliphatic carbocycles. The second-order valence-corrected chi connectivity index (χ2v) is 3.91. The van der Waals surface area contributed by atoms with Gasteiger partial charge in [-0.25, -0.2) is 4.39 Å². The Morgan fingerprint density at radius 3 is 2.63 bits per heavy atom. The summed E-state index contributed by atoms with van der Waals surface area (Å²) in [6.07, 6.45) is 0. The van der Waals surface area contributed by atoms with Crippen LogP contribution in [-0.4, -0.2) is 7.11 Å². The van der Waals surface area contributed by atoms with Crippen molar-refractivity contribution in [2.75, 3.05) is 12.8 Å². The maximum atomic E-state index is 13.4. The van der Waals surface area contributed by atoms with E-state index in [4.69, 9.17) is 15.2 Å². The van der Waals surface area contributed by atoms with Crippen LogP contribution in [0.15, 0.2) is 36.4 Å². The third kappa shape index (κ3) is 2.93. The normalized spacial score (nSPS) is 10.3. The summed E-state index contributed by atoms with van der Waals surface area (Å²) in [5.74, 6) is -1.55. The fourth-order valence-electron chi connectivity index (χ4n) is 1.63. The zero-order chi connectivity index (χ0) is 13.8. The molecule has 0 radical (unpaired) electrons. The number of benzene rings is 2. The maximum Gasteiger partial charge on any atom is 0.200 e. The standard InChI is InChI=1S/C14H13F2NO2/c1-18-13-7-10(17)6-5-9(13)8-19-12-4-2-3-11(15)14(12)16/h2-7H,8,17H2,1H3. The van der Waals surface area contributed by atoms with Crippen molar-refractivity contribution in [2.24, 2.45) is 0 Å². The third-order valence-corrected chi connectivity index (χ3v) is 2.61. The van der Waals surface area contributed by atoms with Gasteiger partial charge in [0.15, 0.2) is 11.6 Å². The summed E-state index contributed by atoms with van der Waals surface area (Å²) in [7, 11) is 1.50. The van der Waals surface area contributed by atoms with Crippen LogP contribution in [0.2, 0.25) is 0 Å². The summed E-state index contributed by atoms with van der Waals surface area (Å²) >= 11 is 0. The summed E-state index contributed by atoms with van der Waals surface area (Å²) in [6, 6.07) is 8.82. The fraction of sp³-hybridized carbons (Fsp3) is 0.143. The van der Waals surface area contributed by atoms with Gasteiger partial charge in [0.05, 0.1) is 7.11 Å². The predicted molar refractivity (Wildman–Crippen MR) is 68.1 cm³/mol. The highest BCUT2D eigenvalue weighted by atomic mass is 19.2. The van der Waals surface area contributed by atoms with Crippen molar-refractivity contribution in [3.05, 3.63) is 53.6 Å². The lowest BCUT2D eigenvalue weighted by molar-refractivity contribution is 0.278. The van der Waals surface area contributed by atoms with Crippen LogP contribution < -0.4 is 15.2 Å². The van der Waals surface area contributed by atoms with Crippen LogP contribution in [0.5, 0.6) is 11.5 Å². The fourth-order valence-corrected chi connectivity index (χ4v) is 1.63. The van der Waals surface area contributed by atoms with Crippen LogP contribution in [0.1, 0.15) is 5.56 Å². The average molecular weight is 265 g/mol. The topological polar surface area (TPSA) is 44.5 Å². The lowest BCUT2D eigenvalue weighted by Gasteiger charge is -2.11. The number of rotatable bonds is 4. The first kappa shape index (κ1) is 13.1. The van der Waals surface area contributed by atoms with E-state index >= 15 is 0 Å². The molecular formula is C14H13F2NO2. The first-order valence-electron chi connectivity index (χ1n) is 5.61. The Morgan fingerprint density at radius 1 is 1.11 bits per heavy atom. The van der Waals surface area contributed by atoms with Crippen LogP contribution in [0, 0.1) is 11.6 Å². The molecule has 3 nitrogen and oxygen atoms in total. The van der Waals surface area contributed by atoms with E-state index in [0.29, 0.717) is 17.0 Å². The van der Waals surface area contributed by atoms with Gasteiger partial charge in [0.25, 0.3) is 0 Å². The molecule has 19 heavy (non-hydrogen) atoms. The minimum absolute atomic E-state index is 0.0594. The molecule has 0 aliphatic heterocycles. The number of methoxy groups -OCH3 is 1. The molecule has 0 spiro atoms. The number of nitrogens with two attached hydrogens (primary N) is 1. The average Bonchev–Trinajstić information content (AvgIpc) is 2.41. The Morgan fingerprint density at radius 2 is 1.89 bits per heavy atom. The Kier molecular flexibility index (Phi) is 3.85. The highest BCUT2D eigenvalue weighted by molar-refractivity contribution is 5.48. The van der Waals surface area contributed by atoms with Gasteiger partial charge < -0.3 is 15.2 Å². The zero-order valence-corrected chi connectivity index (χ0v) is 10.3. The molecule has 0 unspecified atom stereocenters. The van der Waals surface area contributed by atoms with Gasteiger partial charge in [-0.05, 0) is 24.3 Å². The van der Waals surface area contributed by atoms with Crippen LogP contribution in [0.3, 0.4) is 0 Å². The number of anilines is 1. The van der Waals surface area contributed by atoms with E-state index in [0.717, 1.165) is 6.07 Å². The van der Waals surface area contributed by atoms with Crippen LogP contribution in [-0.2, 0) is 6.61 Å². The first-order valence-corrected chi connectivity index (χ1v) is 5.61. The van der Waals surface area contributed by atoms with E-state index in [1.807, 2.05) is 0 Å². The Bertz CT molecular complexity index is 588. The van der Waals surface area contributed by atoms with Gasteiger partial charge in [-0.1, -0.05) is 6.07 Å². The van der Waals surface area contributed by atoms with Crippen molar-refractivity contribution in [1.82, 2.24) is 0 Å². The van der Waals surface area contributed by atoms with Crippen LogP contribution >= 0.6 is 0 Å². The zero-order valence-electron chi connectivity index (χ0n) is 10.3. The smallest absolute Gasteiger partial charge is 0.200 e. The van der Waals surface area contributed by atoms with E-state index in [1.54, 1.807) is 18.2 Å². The van der Waals surface area contributed by atoms with Gasteiger partial charge in [-0.3, -0.25) is 0 Å². The Balaban J connectivity index is 2.17. The number of nitrogen functional groups attached to an aromatic ring is 1. The van der Waals surface area contributed by atoms with E-state index in [2.05, 4.69) is 0 Å². The maximum absolute atomic E-state index is 13.4. The largest absolute Gasteiger partial charge is 0.496 e. The predicted octanol–water partition coefficient (Wildman–Crippen LogP) is 3.13. The summed E-state index contributed by atoms with van der Waals surface area (Å²) in [6.45, 7) is 0.0594. The molecule has 2 N–H and O–H groups in total. The number of halogens is 2. The summed E-state index contributed by atoms with van der Waals surface area (Å²) in [5.41, 5.74) is 6.87. The van der Waals surface area contributed by atoms with Gasteiger partial charge in [0, 0.05) is 17.3 Å². The molecule has 0 saturated heterocycles. The Hall–Kier alpha value is -2.30. The van der Waals surface area contributed by atoms with E-state index in [1.165, 1.54) is 19.2 Å². The third-order valence-electron chi connectivity index (χ3n) is 2.61. The van der Waals surface area contributed by atoms with Crippen molar-refractivity contribution in [2.45, 2.75) is 6.61 Å². The van der Waals surface area contributed by atoms with Gasteiger partial charge in [0.2, 0.25) is 5.82 Å². The van der Waals surface area contributed by atoms with Crippen molar-refractivity contribution < 1.29 is 18.3 Å². The minimum Gasteiger partial charge on any atom is -0.496 e. The van der Waals surface area contributed by atoms with Crippen molar-refractivity contribution >= 4 is 5.69 Å². The summed E-state index contributed by atoms with van der Waals surface area (Å²) in [4.78, 5) is 0. The molecule has 0 saturated carbocycles. The molecule has 2 aromatic rings. The molecule has 0 atom stereocenters. The number of hydrogen-bond acceptors (Lipinski definition) is 3. The van der Waals surface area contributed by atoms with E-state index in [-0.39, 0.29) is 12.4 Å². The molecule has 0 bridgehead atoms. The minimum atomic E-state index is -1.00. The molecule has 0 fully saturated rings. The molecule has 5 heteroatoms. The molecule has 2 rings (SSSR count). The van der Waals surface area contributed by atoms with Crippen LogP contribution in [0.25, 0.3) is 0 Å². The Labute approximate surface area is 109 Å². The van der Waals surface area contributed by atoms with Crippen molar-refractivity contribution in [3.63, 3.8) is 0 Å². The molecule has 0 amide bonds. The lowest BCUT2D eigenvalue weighted by atomic mass is 10.2. The number of hydrogen-bond donors (Lipinski definition) is 1. The monoisotopic (exact) mass is 265 g/mol. The SMILES string of the molecule is COc1cc(N)ccc1COc1cccc(F)c1F. The quantitative estimate of drug-likeness (QED) is 0.864. The lowest BCUT2D eigenvalue weighted by Crippen LogP contribution is -2.01. The molecule has 100 valence electrons. The molecule has 0 aromatic heterocycles.